The van der Waals surface area contributed by atoms with Gasteiger partial charge in [-0.15, -0.1) is 0 Å². The fourth-order valence-corrected chi connectivity index (χ4v) is 2.98. The lowest BCUT2D eigenvalue weighted by Crippen LogP contribution is -2.55. The van der Waals surface area contributed by atoms with Gasteiger partial charge >= 0.3 is 0 Å². The van der Waals surface area contributed by atoms with Crippen LogP contribution in [0.3, 0.4) is 0 Å². The average Bonchev–Trinajstić information content (AvgIpc) is 2.32. The quantitative estimate of drug-likeness (QED) is 0.708. The average molecular weight is 224 g/mol. The fraction of sp³-hybridized carbons (Fsp3) is 0.923. The van der Waals surface area contributed by atoms with E-state index in [2.05, 4.69) is 23.9 Å². The van der Waals surface area contributed by atoms with Crippen LogP contribution in [-0.2, 0) is 4.79 Å². The number of hydrogen-bond acceptors (Lipinski definition) is 3. The van der Waals surface area contributed by atoms with Crippen molar-refractivity contribution in [2.45, 2.75) is 38.1 Å². The van der Waals surface area contributed by atoms with Crippen LogP contribution in [-0.4, -0.2) is 55.4 Å². The second-order valence-electron chi connectivity index (χ2n) is 5.50. The normalized spacial score (nSPS) is 30.5. The molecule has 2 aliphatic rings. The van der Waals surface area contributed by atoms with Gasteiger partial charge in [-0.05, 0) is 26.9 Å². The molecule has 0 aromatic heterocycles. The Hall–Kier alpha value is -0.410. The van der Waals surface area contributed by atoms with Gasteiger partial charge in [0.2, 0.25) is 0 Å². The van der Waals surface area contributed by atoms with Crippen LogP contribution in [0.1, 0.15) is 32.1 Å². The van der Waals surface area contributed by atoms with Crippen LogP contribution in [0.25, 0.3) is 0 Å². The molecule has 0 aromatic rings. The molecule has 1 saturated carbocycles. The lowest BCUT2D eigenvalue weighted by molar-refractivity contribution is -0.130. The number of hydrogen-bond donors (Lipinski definition) is 0. The molecule has 1 aliphatic carbocycles. The largest absolute Gasteiger partial charge is 0.303 e. The first-order valence-electron chi connectivity index (χ1n) is 6.61. The zero-order valence-electron chi connectivity index (χ0n) is 10.6. The van der Waals surface area contributed by atoms with Crippen LogP contribution in [0.2, 0.25) is 0 Å². The topological polar surface area (TPSA) is 23.6 Å². The predicted molar refractivity (Wildman–Crippen MR) is 65.5 cm³/mol. The monoisotopic (exact) mass is 224 g/mol. The Kier molecular flexibility index (Phi) is 3.98. The predicted octanol–water partition coefficient (Wildman–Crippen LogP) is 1.38. The van der Waals surface area contributed by atoms with E-state index in [1.807, 2.05) is 0 Å². The molecule has 1 unspecified atom stereocenters. The number of nitrogens with zero attached hydrogens (tertiary/aromatic N) is 2. The molecule has 1 saturated heterocycles. The Balaban J connectivity index is 1.96. The summed E-state index contributed by atoms with van der Waals surface area (Å²) in [4.78, 5) is 17.0. The van der Waals surface area contributed by atoms with Crippen molar-refractivity contribution in [2.24, 2.45) is 5.92 Å². The maximum absolute atomic E-state index is 12.4. The highest BCUT2D eigenvalue weighted by molar-refractivity contribution is 5.86. The highest BCUT2D eigenvalue weighted by Gasteiger charge is 2.33. The molecule has 1 aliphatic heterocycles. The Labute approximate surface area is 98.8 Å². The maximum Gasteiger partial charge on any atom is 0.154 e. The molecule has 0 amide bonds. The molecule has 92 valence electrons. The summed E-state index contributed by atoms with van der Waals surface area (Å²) in [7, 11) is 4.21. The van der Waals surface area contributed by atoms with E-state index < -0.39 is 0 Å². The molecule has 1 atom stereocenters. The van der Waals surface area contributed by atoms with Gasteiger partial charge in [0.05, 0.1) is 6.04 Å². The third-order valence-electron chi connectivity index (χ3n) is 4.19. The summed E-state index contributed by atoms with van der Waals surface area (Å²) in [6, 6.07) is 0.154. The summed E-state index contributed by atoms with van der Waals surface area (Å²) in [5.74, 6) is 0.862. The number of Topliss-reactive ketones (excluding diaryl/α,β-unsaturated/α-hetero) is 1. The summed E-state index contributed by atoms with van der Waals surface area (Å²) < 4.78 is 0. The van der Waals surface area contributed by atoms with Gasteiger partial charge in [0.25, 0.3) is 0 Å². The standard InChI is InChI=1S/C13H24N2O/c1-14-8-9-15(2)12(10-14)13(16)11-6-4-3-5-7-11/h11-12H,3-10H2,1-2H3. The molecule has 1 heterocycles. The van der Waals surface area contributed by atoms with Crippen molar-refractivity contribution in [3.63, 3.8) is 0 Å². The first kappa shape index (κ1) is 12.1. The van der Waals surface area contributed by atoms with Crippen molar-refractivity contribution in [2.75, 3.05) is 33.7 Å². The molecule has 0 aromatic carbocycles. The molecule has 0 N–H and O–H groups in total. The maximum atomic E-state index is 12.4. The van der Waals surface area contributed by atoms with Gasteiger partial charge in [-0.1, -0.05) is 19.3 Å². The Morgan fingerprint density at radius 1 is 1.06 bits per heavy atom. The second kappa shape index (κ2) is 5.28. The van der Waals surface area contributed by atoms with Crippen molar-refractivity contribution < 1.29 is 4.79 Å². The fourth-order valence-electron chi connectivity index (χ4n) is 2.98. The third kappa shape index (κ3) is 2.64. The van der Waals surface area contributed by atoms with E-state index in [9.17, 15) is 4.79 Å². The number of ketones is 1. The number of likely N-dealkylation sites (N-methyl/N-ethyl adjacent to an activating group) is 2. The van der Waals surface area contributed by atoms with Gasteiger partial charge in [-0.25, -0.2) is 0 Å². The van der Waals surface area contributed by atoms with Crippen molar-refractivity contribution in [1.82, 2.24) is 9.80 Å². The SMILES string of the molecule is CN1CCN(C)C(C(=O)C2CCCCC2)C1. The van der Waals surface area contributed by atoms with Crippen LogP contribution in [0.15, 0.2) is 0 Å². The van der Waals surface area contributed by atoms with Crippen LogP contribution in [0, 0.1) is 5.92 Å². The van der Waals surface area contributed by atoms with Gasteiger partial charge in [0, 0.05) is 25.6 Å². The number of piperazine rings is 1. The summed E-state index contributed by atoms with van der Waals surface area (Å²) in [6.07, 6.45) is 6.09. The molecule has 3 heteroatoms. The smallest absolute Gasteiger partial charge is 0.154 e. The first-order valence-corrected chi connectivity index (χ1v) is 6.61. The third-order valence-corrected chi connectivity index (χ3v) is 4.19. The highest BCUT2D eigenvalue weighted by atomic mass is 16.1. The lowest BCUT2D eigenvalue weighted by atomic mass is 9.83. The Morgan fingerprint density at radius 3 is 2.44 bits per heavy atom. The zero-order valence-corrected chi connectivity index (χ0v) is 10.6. The molecule has 16 heavy (non-hydrogen) atoms. The molecular weight excluding hydrogens is 200 g/mol. The number of carbonyl (C=O) groups excluding carboxylic acids is 1. The van der Waals surface area contributed by atoms with Gasteiger partial charge in [-0.3, -0.25) is 9.69 Å². The molecule has 2 rings (SSSR count). The highest BCUT2D eigenvalue weighted by Crippen LogP contribution is 2.26. The second-order valence-corrected chi connectivity index (χ2v) is 5.50. The van der Waals surface area contributed by atoms with E-state index in [4.69, 9.17) is 0 Å². The van der Waals surface area contributed by atoms with Gasteiger partial charge < -0.3 is 4.90 Å². The van der Waals surface area contributed by atoms with E-state index in [1.54, 1.807) is 0 Å². The molecule has 0 radical (unpaired) electrons. The summed E-state index contributed by atoms with van der Waals surface area (Å²) in [6.45, 7) is 3.04. The van der Waals surface area contributed by atoms with Crippen molar-refractivity contribution >= 4 is 5.78 Å². The van der Waals surface area contributed by atoms with Crippen molar-refractivity contribution in [3.8, 4) is 0 Å². The molecule has 2 fully saturated rings. The van der Waals surface area contributed by atoms with Crippen LogP contribution in [0.4, 0.5) is 0 Å². The van der Waals surface area contributed by atoms with E-state index in [-0.39, 0.29) is 6.04 Å². The zero-order chi connectivity index (χ0) is 11.5. The van der Waals surface area contributed by atoms with Crippen LogP contribution >= 0.6 is 0 Å². The van der Waals surface area contributed by atoms with Crippen LogP contribution in [0.5, 0.6) is 0 Å². The minimum atomic E-state index is 0.154. The summed E-state index contributed by atoms with van der Waals surface area (Å²) >= 11 is 0. The summed E-state index contributed by atoms with van der Waals surface area (Å²) in [5.41, 5.74) is 0. The first-order chi connectivity index (χ1) is 7.68. The molecule has 0 spiro atoms. The van der Waals surface area contributed by atoms with E-state index in [1.165, 1.54) is 19.3 Å². The van der Waals surface area contributed by atoms with E-state index in [0.29, 0.717) is 11.7 Å². The minimum Gasteiger partial charge on any atom is -0.303 e. The Bertz CT molecular complexity index is 248. The Morgan fingerprint density at radius 2 is 1.75 bits per heavy atom. The molecule has 3 nitrogen and oxygen atoms in total. The lowest BCUT2D eigenvalue weighted by Gasteiger charge is -2.38. The number of carbonyl (C=O) groups is 1. The minimum absolute atomic E-state index is 0.154. The number of rotatable bonds is 2. The van der Waals surface area contributed by atoms with Gasteiger partial charge in [0.15, 0.2) is 5.78 Å². The van der Waals surface area contributed by atoms with Crippen molar-refractivity contribution in [3.05, 3.63) is 0 Å². The molecule has 0 bridgehead atoms. The van der Waals surface area contributed by atoms with E-state index >= 15 is 0 Å². The van der Waals surface area contributed by atoms with Gasteiger partial charge in [-0.2, -0.15) is 0 Å². The van der Waals surface area contributed by atoms with Gasteiger partial charge in [0.1, 0.15) is 0 Å². The summed E-state index contributed by atoms with van der Waals surface area (Å²) in [5, 5.41) is 0. The van der Waals surface area contributed by atoms with Crippen molar-refractivity contribution in [1.29, 1.82) is 0 Å². The van der Waals surface area contributed by atoms with E-state index in [0.717, 1.165) is 32.5 Å². The van der Waals surface area contributed by atoms with Crippen LogP contribution < -0.4 is 0 Å². The molecular formula is C13H24N2O.